The minimum atomic E-state index is -3.41. The number of piperidine rings is 1. The molecule has 116 valence electrons. The van der Waals surface area contributed by atoms with Crippen LogP contribution in [0.3, 0.4) is 0 Å². The lowest BCUT2D eigenvalue weighted by molar-refractivity contribution is 0.157. The molecule has 21 heavy (non-hydrogen) atoms. The summed E-state index contributed by atoms with van der Waals surface area (Å²) in [5.74, 6) is 0.814. The highest BCUT2D eigenvalue weighted by Gasteiger charge is 2.37. The van der Waals surface area contributed by atoms with Crippen molar-refractivity contribution in [1.29, 1.82) is 0 Å². The van der Waals surface area contributed by atoms with Gasteiger partial charge < -0.3 is 5.32 Å². The van der Waals surface area contributed by atoms with Gasteiger partial charge in [0.25, 0.3) is 0 Å². The van der Waals surface area contributed by atoms with Gasteiger partial charge in [-0.15, -0.1) is 0 Å². The standard InChI is InChI=1S/C16H24N2O2S/c1-11-8-12(2)13(3)18(10-11)21(19,20)15-5-4-14-6-7-17-16(14)9-15/h4-5,9,11-13,17H,6-8,10H2,1-3H3. The fourth-order valence-electron chi connectivity index (χ4n) is 3.55. The van der Waals surface area contributed by atoms with Crippen LogP contribution in [0.4, 0.5) is 5.69 Å². The molecule has 2 heterocycles. The molecule has 0 saturated carbocycles. The van der Waals surface area contributed by atoms with Crippen molar-refractivity contribution in [1.82, 2.24) is 4.31 Å². The van der Waals surface area contributed by atoms with Gasteiger partial charge in [-0.1, -0.05) is 19.9 Å². The monoisotopic (exact) mass is 308 g/mol. The van der Waals surface area contributed by atoms with Crippen molar-refractivity contribution < 1.29 is 8.42 Å². The number of sulfonamides is 1. The molecule has 0 amide bonds. The third-order valence-electron chi connectivity index (χ3n) is 4.94. The molecule has 0 aliphatic carbocycles. The van der Waals surface area contributed by atoms with E-state index in [0.717, 1.165) is 25.1 Å². The van der Waals surface area contributed by atoms with Crippen molar-refractivity contribution in [2.45, 2.75) is 44.6 Å². The van der Waals surface area contributed by atoms with E-state index in [1.54, 1.807) is 16.4 Å². The molecule has 4 nitrogen and oxygen atoms in total. The first-order valence-corrected chi connectivity index (χ1v) is 9.22. The predicted molar refractivity (Wildman–Crippen MR) is 84.9 cm³/mol. The van der Waals surface area contributed by atoms with Crippen molar-refractivity contribution in [3.63, 3.8) is 0 Å². The molecular formula is C16H24N2O2S. The van der Waals surface area contributed by atoms with Crippen molar-refractivity contribution in [3.05, 3.63) is 23.8 Å². The maximum atomic E-state index is 13.0. The van der Waals surface area contributed by atoms with Crippen molar-refractivity contribution in [2.24, 2.45) is 11.8 Å². The Balaban J connectivity index is 1.96. The zero-order valence-corrected chi connectivity index (χ0v) is 13.8. The zero-order chi connectivity index (χ0) is 15.2. The van der Waals surface area contributed by atoms with Crippen LogP contribution in [0.25, 0.3) is 0 Å². The first kappa shape index (κ1) is 14.9. The van der Waals surface area contributed by atoms with Crippen LogP contribution < -0.4 is 5.32 Å². The number of hydrogen-bond donors (Lipinski definition) is 1. The van der Waals surface area contributed by atoms with E-state index < -0.39 is 10.0 Å². The number of rotatable bonds is 2. The summed E-state index contributed by atoms with van der Waals surface area (Å²) in [6.07, 6.45) is 2.07. The van der Waals surface area contributed by atoms with E-state index in [2.05, 4.69) is 19.2 Å². The summed E-state index contributed by atoms with van der Waals surface area (Å²) in [5, 5.41) is 3.26. The van der Waals surface area contributed by atoms with Crippen LogP contribution in [0.2, 0.25) is 0 Å². The average Bonchev–Trinajstić information content (AvgIpc) is 2.89. The van der Waals surface area contributed by atoms with Gasteiger partial charge in [-0.05, 0) is 49.3 Å². The maximum absolute atomic E-state index is 13.0. The first-order valence-electron chi connectivity index (χ1n) is 7.78. The molecule has 3 unspecified atom stereocenters. The largest absolute Gasteiger partial charge is 0.384 e. The summed E-state index contributed by atoms with van der Waals surface area (Å²) in [6.45, 7) is 7.83. The normalized spacial score (nSPS) is 30.0. The highest BCUT2D eigenvalue weighted by atomic mass is 32.2. The lowest BCUT2D eigenvalue weighted by atomic mass is 9.88. The molecule has 5 heteroatoms. The molecule has 2 aliphatic heterocycles. The van der Waals surface area contributed by atoms with E-state index in [4.69, 9.17) is 0 Å². The van der Waals surface area contributed by atoms with Gasteiger partial charge in [0.2, 0.25) is 10.0 Å². The molecular weight excluding hydrogens is 284 g/mol. The smallest absolute Gasteiger partial charge is 0.243 e. The van der Waals surface area contributed by atoms with E-state index in [0.29, 0.717) is 23.3 Å². The highest BCUT2D eigenvalue weighted by molar-refractivity contribution is 7.89. The molecule has 1 aromatic rings. The molecule has 1 saturated heterocycles. The lowest BCUT2D eigenvalue weighted by Gasteiger charge is -2.40. The summed E-state index contributed by atoms with van der Waals surface area (Å²) in [7, 11) is -3.41. The molecule has 1 N–H and O–H groups in total. The Morgan fingerprint density at radius 3 is 2.76 bits per heavy atom. The molecule has 1 aromatic carbocycles. The third-order valence-corrected chi connectivity index (χ3v) is 6.89. The Bertz CT molecular complexity index is 642. The number of nitrogens with one attached hydrogen (secondary N) is 1. The molecule has 0 bridgehead atoms. The third kappa shape index (κ3) is 2.57. The molecule has 0 spiro atoms. The molecule has 2 aliphatic rings. The summed E-state index contributed by atoms with van der Waals surface area (Å²) < 4.78 is 27.7. The summed E-state index contributed by atoms with van der Waals surface area (Å²) in [6, 6.07) is 5.57. The molecule has 3 atom stereocenters. The quantitative estimate of drug-likeness (QED) is 0.914. The first-order chi connectivity index (χ1) is 9.89. The highest BCUT2D eigenvalue weighted by Crippen LogP contribution is 2.33. The second-order valence-electron chi connectivity index (χ2n) is 6.63. The van der Waals surface area contributed by atoms with Gasteiger partial charge >= 0.3 is 0 Å². The van der Waals surface area contributed by atoms with Crippen LogP contribution >= 0.6 is 0 Å². The minimum Gasteiger partial charge on any atom is -0.384 e. The minimum absolute atomic E-state index is 0.0624. The molecule has 1 fully saturated rings. The average molecular weight is 308 g/mol. The summed E-state index contributed by atoms with van der Waals surface area (Å²) >= 11 is 0. The Kier molecular flexibility index (Phi) is 3.74. The van der Waals surface area contributed by atoms with E-state index in [1.165, 1.54) is 5.56 Å². The second kappa shape index (κ2) is 5.29. The zero-order valence-electron chi connectivity index (χ0n) is 13.0. The summed E-state index contributed by atoms with van der Waals surface area (Å²) in [5.41, 5.74) is 2.18. The van der Waals surface area contributed by atoms with Gasteiger partial charge in [-0.3, -0.25) is 0 Å². The van der Waals surface area contributed by atoms with Crippen LogP contribution in [0, 0.1) is 11.8 Å². The number of nitrogens with zero attached hydrogens (tertiary/aromatic N) is 1. The topological polar surface area (TPSA) is 49.4 Å². The van der Waals surface area contributed by atoms with Crippen molar-refractivity contribution in [2.75, 3.05) is 18.4 Å². The lowest BCUT2D eigenvalue weighted by Crippen LogP contribution is -2.48. The summed E-state index contributed by atoms with van der Waals surface area (Å²) in [4.78, 5) is 0.420. The Morgan fingerprint density at radius 1 is 1.24 bits per heavy atom. The van der Waals surface area contributed by atoms with Gasteiger partial charge in [0.15, 0.2) is 0 Å². The van der Waals surface area contributed by atoms with Gasteiger partial charge in [-0.25, -0.2) is 8.42 Å². The van der Waals surface area contributed by atoms with E-state index in [1.807, 2.05) is 13.0 Å². The second-order valence-corrected chi connectivity index (χ2v) is 8.52. The number of benzene rings is 1. The van der Waals surface area contributed by atoms with Gasteiger partial charge in [0.1, 0.15) is 0 Å². The van der Waals surface area contributed by atoms with Crippen LogP contribution in [0.1, 0.15) is 32.8 Å². The fourth-order valence-corrected chi connectivity index (χ4v) is 5.42. The number of fused-ring (bicyclic) bond motifs is 1. The van der Waals surface area contributed by atoms with E-state index in [9.17, 15) is 8.42 Å². The van der Waals surface area contributed by atoms with E-state index in [-0.39, 0.29) is 6.04 Å². The molecule has 0 aromatic heterocycles. The number of anilines is 1. The van der Waals surface area contributed by atoms with Crippen molar-refractivity contribution in [3.8, 4) is 0 Å². The predicted octanol–water partition coefficient (Wildman–Crippen LogP) is 2.71. The Hall–Kier alpha value is -1.07. The van der Waals surface area contributed by atoms with Crippen LogP contribution in [-0.2, 0) is 16.4 Å². The SMILES string of the molecule is CC1CC(C)C(C)N(S(=O)(=O)c2ccc3c(c2)NCC3)C1. The van der Waals surface area contributed by atoms with Gasteiger partial charge in [-0.2, -0.15) is 4.31 Å². The Morgan fingerprint density at radius 2 is 2.00 bits per heavy atom. The fraction of sp³-hybridized carbons (Fsp3) is 0.625. The van der Waals surface area contributed by atoms with Crippen LogP contribution in [-0.4, -0.2) is 31.9 Å². The van der Waals surface area contributed by atoms with E-state index >= 15 is 0 Å². The van der Waals surface area contributed by atoms with Gasteiger partial charge in [0, 0.05) is 24.8 Å². The molecule has 3 rings (SSSR count). The Labute approximate surface area is 127 Å². The van der Waals surface area contributed by atoms with Gasteiger partial charge in [0.05, 0.1) is 4.90 Å². The van der Waals surface area contributed by atoms with Crippen LogP contribution in [0.5, 0.6) is 0 Å². The maximum Gasteiger partial charge on any atom is 0.243 e. The van der Waals surface area contributed by atoms with Crippen LogP contribution in [0.15, 0.2) is 23.1 Å². The molecule has 0 radical (unpaired) electrons. The van der Waals surface area contributed by atoms with Crippen molar-refractivity contribution >= 4 is 15.7 Å². The number of hydrogen-bond acceptors (Lipinski definition) is 3.